The van der Waals surface area contributed by atoms with E-state index in [9.17, 15) is 9.59 Å². The zero-order valence-electron chi connectivity index (χ0n) is 14.8. The Morgan fingerprint density at radius 1 is 1.20 bits per heavy atom. The number of hydrogen-bond acceptors (Lipinski definition) is 4. The van der Waals surface area contributed by atoms with E-state index >= 15 is 0 Å². The molecular weight excluding hydrogens is 318 g/mol. The Labute approximate surface area is 148 Å². The summed E-state index contributed by atoms with van der Waals surface area (Å²) in [5.41, 5.74) is 1.27. The standard InChI is InChI=1S/C20H25NO4/c1-13(2)18(19(22)21-16-8-4-5-9-16)25-20(23)15-11-14-7-3-6-10-17(14)24-12-15/h3,6-7,10-11,13,16,18H,4-5,8-9,12H2,1-2H3,(H,21,22)/t18-/m0/s1. The number of amides is 1. The Morgan fingerprint density at radius 2 is 1.92 bits per heavy atom. The molecule has 1 aromatic carbocycles. The van der Waals surface area contributed by atoms with Crippen LogP contribution in [0.3, 0.4) is 0 Å². The van der Waals surface area contributed by atoms with Gasteiger partial charge in [-0.05, 0) is 30.9 Å². The molecule has 1 aliphatic carbocycles. The monoisotopic (exact) mass is 343 g/mol. The molecule has 134 valence electrons. The van der Waals surface area contributed by atoms with Crippen molar-refractivity contribution in [3.8, 4) is 5.75 Å². The summed E-state index contributed by atoms with van der Waals surface area (Å²) in [5.74, 6) is -0.0380. The van der Waals surface area contributed by atoms with Gasteiger partial charge in [0.2, 0.25) is 0 Å². The largest absolute Gasteiger partial charge is 0.488 e. The van der Waals surface area contributed by atoms with Gasteiger partial charge in [-0.15, -0.1) is 0 Å². The minimum atomic E-state index is -0.786. The number of fused-ring (bicyclic) bond motifs is 1. The summed E-state index contributed by atoms with van der Waals surface area (Å²) in [4.78, 5) is 25.0. The van der Waals surface area contributed by atoms with Gasteiger partial charge in [0.25, 0.3) is 5.91 Å². The van der Waals surface area contributed by atoms with Crippen molar-refractivity contribution in [3.05, 3.63) is 35.4 Å². The molecule has 2 aliphatic rings. The molecule has 0 bridgehead atoms. The minimum absolute atomic E-state index is 0.0947. The van der Waals surface area contributed by atoms with Crippen molar-refractivity contribution in [2.75, 3.05) is 6.61 Å². The lowest BCUT2D eigenvalue weighted by molar-refractivity contribution is -0.155. The second-order valence-corrected chi connectivity index (χ2v) is 7.06. The second kappa shape index (κ2) is 7.72. The lowest BCUT2D eigenvalue weighted by Crippen LogP contribution is -2.45. The SMILES string of the molecule is CC(C)[C@H](OC(=O)C1=Cc2ccccc2OC1)C(=O)NC1CCCC1. The number of nitrogens with one attached hydrogen (secondary N) is 1. The molecule has 1 aliphatic heterocycles. The third kappa shape index (κ3) is 4.21. The minimum Gasteiger partial charge on any atom is -0.488 e. The zero-order valence-corrected chi connectivity index (χ0v) is 14.8. The van der Waals surface area contributed by atoms with Crippen LogP contribution in [0.15, 0.2) is 29.8 Å². The summed E-state index contributed by atoms with van der Waals surface area (Å²) in [5, 5.41) is 3.02. The number of hydrogen-bond donors (Lipinski definition) is 1. The van der Waals surface area contributed by atoms with E-state index in [4.69, 9.17) is 9.47 Å². The highest BCUT2D eigenvalue weighted by Crippen LogP contribution is 2.26. The number of carbonyl (C=O) groups is 2. The third-order valence-electron chi connectivity index (χ3n) is 4.69. The van der Waals surface area contributed by atoms with Gasteiger partial charge in [-0.25, -0.2) is 4.79 Å². The van der Waals surface area contributed by atoms with Crippen LogP contribution in [0.4, 0.5) is 0 Å². The van der Waals surface area contributed by atoms with Crippen molar-refractivity contribution in [1.29, 1.82) is 0 Å². The number of rotatable bonds is 5. The van der Waals surface area contributed by atoms with Gasteiger partial charge in [-0.1, -0.05) is 44.9 Å². The fourth-order valence-corrected chi connectivity index (χ4v) is 3.27. The van der Waals surface area contributed by atoms with Gasteiger partial charge in [0.15, 0.2) is 6.10 Å². The molecule has 1 fully saturated rings. The summed E-state index contributed by atoms with van der Waals surface area (Å²) in [7, 11) is 0. The molecule has 0 radical (unpaired) electrons. The summed E-state index contributed by atoms with van der Waals surface area (Å²) < 4.78 is 11.1. The van der Waals surface area contributed by atoms with Gasteiger partial charge in [0, 0.05) is 11.6 Å². The molecule has 1 N–H and O–H groups in total. The zero-order chi connectivity index (χ0) is 17.8. The molecule has 0 spiro atoms. The maximum absolute atomic E-state index is 12.5. The summed E-state index contributed by atoms with van der Waals surface area (Å²) in [6.07, 6.45) is 5.27. The highest BCUT2D eigenvalue weighted by atomic mass is 16.6. The van der Waals surface area contributed by atoms with E-state index in [-0.39, 0.29) is 24.5 Å². The molecule has 1 atom stereocenters. The molecule has 0 saturated heterocycles. The maximum Gasteiger partial charge on any atom is 0.338 e. The number of ether oxygens (including phenoxy) is 2. The molecule has 1 heterocycles. The van der Waals surface area contributed by atoms with Crippen LogP contribution in [0.2, 0.25) is 0 Å². The fraction of sp³-hybridized carbons (Fsp3) is 0.500. The van der Waals surface area contributed by atoms with E-state index in [2.05, 4.69) is 5.32 Å². The molecule has 0 aromatic heterocycles. The number of benzene rings is 1. The summed E-state index contributed by atoms with van der Waals surface area (Å²) in [6.45, 7) is 3.92. The molecule has 25 heavy (non-hydrogen) atoms. The lowest BCUT2D eigenvalue weighted by atomic mass is 10.0. The first-order valence-corrected chi connectivity index (χ1v) is 8.98. The Bertz CT molecular complexity index is 674. The van der Waals surface area contributed by atoms with Gasteiger partial charge < -0.3 is 14.8 Å². The predicted molar refractivity (Wildman–Crippen MR) is 95.0 cm³/mol. The van der Waals surface area contributed by atoms with Crippen LogP contribution in [0.1, 0.15) is 45.1 Å². The van der Waals surface area contributed by atoms with Crippen molar-refractivity contribution in [3.63, 3.8) is 0 Å². The van der Waals surface area contributed by atoms with E-state index < -0.39 is 12.1 Å². The highest BCUT2D eigenvalue weighted by Gasteiger charge is 2.30. The van der Waals surface area contributed by atoms with Gasteiger partial charge in [0.1, 0.15) is 12.4 Å². The van der Waals surface area contributed by atoms with E-state index in [0.29, 0.717) is 5.57 Å². The van der Waals surface area contributed by atoms with E-state index in [1.54, 1.807) is 6.08 Å². The molecule has 5 heteroatoms. The maximum atomic E-state index is 12.5. The smallest absolute Gasteiger partial charge is 0.338 e. The van der Waals surface area contributed by atoms with E-state index in [1.165, 1.54) is 0 Å². The van der Waals surface area contributed by atoms with Crippen molar-refractivity contribution in [1.82, 2.24) is 5.32 Å². The van der Waals surface area contributed by atoms with Crippen LogP contribution in [0.25, 0.3) is 6.08 Å². The van der Waals surface area contributed by atoms with Crippen LogP contribution in [0.5, 0.6) is 5.75 Å². The van der Waals surface area contributed by atoms with Crippen LogP contribution < -0.4 is 10.1 Å². The van der Waals surface area contributed by atoms with Crippen molar-refractivity contribution < 1.29 is 19.1 Å². The average Bonchev–Trinajstić information content (AvgIpc) is 3.11. The summed E-state index contributed by atoms with van der Waals surface area (Å²) >= 11 is 0. The third-order valence-corrected chi connectivity index (χ3v) is 4.69. The van der Waals surface area contributed by atoms with Gasteiger partial charge in [-0.3, -0.25) is 4.79 Å². The molecule has 1 aromatic rings. The van der Waals surface area contributed by atoms with Gasteiger partial charge >= 0.3 is 5.97 Å². The number of esters is 1. The first-order valence-electron chi connectivity index (χ1n) is 8.98. The molecule has 5 nitrogen and oxygen atoms in total. The topological polar surface area (TPSA) is 64.6 Å². The van der Waals surface area contributed by atoms with Gasteiger partial charge in [-0.2, -0.15) is 0 Å². The Hall–Kier alpha value is -2.30. The second-order valence-electron chi connectivity index (χ2n) is 7.06. The molecule has 0 unspecified atom stereocenters. The van der Waals surface area contributed by atoms with Crippen LogP contribution in [-0.2, 0) is 14.3 Å². The van der Waals surface area contributed by atoms with Crippen LogP contribution in [-0.4, -0.2) is 30.6 Å². The molecular formula is C20H25NO4. The number of carbonyl (C=O) groups excluding carboxylic acids is 2. The van der Waals surface area contributed by atoms with Crippen LogP contribution in [0, 0.1) is 5.92 Å². The van der Waals surface area contributed by atoms with E-state index in [1.807, 2.05) is 38.1 Å². The Balaban J connectivity index is 1.66. The van der Waals surface area contributed by atoms with Crippen molar-refractivity contribution in [2.45, 2.75) is 51.7 Å². The predicted octanol–water partition coefficient (Wildman–Crippen LogP) is 3.09. The fourth-order valence-electron chi connectivity index (χ4n) is 3.27. The van der Waals surface area contributed by atoms with Crippen molar-refractivity contribution in [2.24, 2.45) is 5.92 Å². The molecule has 3 rings (SSSR count). The van der Waals surface area contributed by atoms with Crippen LogP contribution >= 0.6 is 0 Å². The highest BCUT2D eigenvalue weighted by molar-refractivity contribution is 5.97. The summed E-state index contributed by atoms with van der Waals surface area (Å²) in [6, 6.07) is 7.72. The van der Waals surface area contributed by atoms with E-state index in [0.717, 1.165) is 37.0 Å². The lowest BCUT2D eigenvalue weighted by Gasteiger charge is -2.24. The quantitative estimate of drug-likeness (QED) is 0.835. The first-order chi connectivity index (χ1) is 12.0. The Morgan fingerprint density at radius 3 is 2.64 bits per heavy atom. The molecule has 1 amide bonds. The van der Waals surface area contributed by atoms with Crippen molar-refractivity contribution >= 4 is 18.0 Å². The first kappa shape index (κ1) is 17.5. The number of para-hydroxylation sites is 1. The normalized spacial score (nSPS) is 18.1. The Kier molecular flexibility index (Phi) is 5.41. The van der Waals surface area contributed by atoms with Gasteiger partial charge in [0.05, 0.1) is 5.57 Å². The average molecular weight is 343 g/mol. The molecule has 1 saturated carbocycles.